The minimum atomic E-state index is -5.03. The zero-order valence-electron chi connectivity index (χ0n) is 13.4. The molecule has 1 aromatic carbocycles. The Morgan fingerprint density at radius 3 is 2.32 bits per heavy atom. The van der Waals surface area contributed by atoms with Crippen molar-refractivity contribution < 1.29 is 26.5 Å². The van der Waals surface area contributed by atoms with Crippen LogP contribution >= 0.6 is 0 Å². The second-order valence-electron chi connectivity index (χ2n) is 6.04. The van der Waals surface area contributed by atoms with Crippen molar-refractivity contribution in [3.8, 4) is 0 Å². The van der Waals surface area contributed by atoms with E-state index in [1.165, 1.54) is 0 Å². The Hall–Kier alpha value is -1.72. The molecule has 1 heterocycles. The quantitative estimate of drug-likeness (QED) is 0.636. The molecule has 0 amide bonds. The van der Waals surface area contributed by atoms with E-state index in [1.54, 1.807) is 6.92 Å². The molecule has 7 nitrogen and oxygen atoms in total. The SMILES string of the molecule is CC(N)C1CCN(S(=O)(=O)c2ccc([N+](=O)[O-])cc2C(F)(F)F)CC1. The zero-order chi connectivity index (χ0) is 19.0. The minimum absolute atomic E-state index is 0.0584. The van der Waals surface area contributed by atoms with Crippen LogP contribution in [0.15, 0.2) is 23.1 Å². The van der Waals surface area contributed by atoms with E-state index in [0.29, 0.717) is 18.9 Å². The van der Waals surface area contributed by atoms with E-state index in [4.69, 9.17) is 5.73 Å². The number of rotatable bonds is 4. The lowest BCUT2D eigenvalue weighted by Gasteiger charge is -2.33. The first kappa shape index (κ1) is 19.6. The third-order valence-electron chi connectivity index (χ3n) is 4.34. The van der Waals surface area contributed by atoms with Crippen molar-refractivity contribution in [1.82, 2.24) is 4.31 Å². The predicted octanol–water partition coefficient (Wildman–Crippen LogP) is 2.36. The van der Waals surface area contributed by atoms with E-state index in [1.807, 2.05) is 0 Å². The van der Waals surface area contributed by atoms with E-state index in [9.17, 15) is 31.7 Å². The third-order valence-corrected chi connectivity index (χ3v) is 6.30. The molecule has 140 valence electrons. The van der Waals surface area contributed by atoms with Crippen LogP contribution in [0.4, 0.5) is 18.9 Å². The summed E-state index contributed by atoms with van der Waals surface area (Å²) in [5.74, 6) is 0.102. The summed E-state index contributed by atoms with van der Waals surface area (Å²) in [6, 6.07) is 1.53. The van der Waals surface area contributed by atoms with Crippen molar-refractivity contribution in [3.63, 3.8) is 0 Å². The van der Waals surface area contributed by atoms with Gasteiger partial charge < -0.3 is 5.73 Å². The van der Waals surface area contributed by atoms with Crippen LogP contribution in [0.5, 0.6) is 0 Å². The van der Waals surface area contributed by atoms with Gasteiger partial charge >= 0.3 is 6.18 Å². The fraction of sp³-hybridized carbons (Fsp3) is 0.571. The van der Waals surface area contributed by atoms with Gasteiger partial charge in [0.15, 0.2) is 0 Å². The Balaban J connectivity index is 2.41. The van der Waals surface area contributed by atoms with Crippen molar-refractivity contribution in [3.05, 3.63) is 33.9 Å². The molecule has 1 saturated heterocycles. The second kappa shape index (κ2) is 6.89. The largest absolute Gasteiger partial charge is 0.417 e. The molecule has 1 fully saturated rings. The molecule has 0 radical (unpaired) electrons. The molecule has 1 unspecified atom stereocenters. The maximum absolute atomic E-state index is 13.2. The minimum Gasteiger partial charge on any atom is -0.328 e. The van der Waals surface area contributed by atoms with Crippen LogP contribution in [-0.4, -0.2) is 36.8 Å². The number of nitro groups is 1. The highest BCUT2D eigenvalue weighted by Crippen LogP contribution is 2.38. The first-order chi connectivity index (χ1) is 11.4. The standard InChI is InChI=1S/C14H18F3N3O4S/c1-9(18)10-4-6-19(7-5-10)25(23,24)13-3-2-11(20(21)22)8-12(13)14(15,16)17/h2-3,8-10H,4-7,18H2,1H3. The number of benzene rings is 1. The number of hydrogen-bond acceptors (Lipinski definition) is 5. The van der Waals surface area contributed by atoms with Crippen molar-refractivity contribution in [2.75, 3.05) is 13.1 Å². The maximum Gasteiger partial charge on any atom is 0.417 e. The summed E-state index contributed by atoms with van der Waals surface area (Å²) in [7, 11) is -4.42. The number of alkyl halides is 3. The topological polar surface area (TPSA) is 107 Å². The van der Waals surface area contributed by atoms with E-state index >= 15 is 0 Å². The van der Waals surface area contributed by atoms with Gasteiger partial charge in [0.05, 0.1) is 15.4 Å². The monoisotopic (exact) mass is 381 g/mol. The highest BCUT2D eigenvalue weighted by atomic mass is 32.2. The highest BCUT2D eigenvalue weighted by Gasteiger charge is 2.41. The fourth-order valence-electron chi connectivity index (χ4n) is 2.86. The first-order valence-electron chi connectivity index (χ1n) is 7.56. The number of piperidine rings is 1. The number of sulfonamides is 1. The van der Waals surface area contributed by atoms with Gasteiger partial charge in [-0.2, -0.15) is 17.5 Å². The van der Waals surface area contributed by atoms with Crippen LogP contribution in [0.1, 0.15) is 25.3 Å². The van der Waals surface area contributed by atoms with Gasteiger partial charge in [-0.25, -0.2) is 8.42 Å². The van der Waals surface area contributed by atoms with E-state index < -0.39 is 37.3 Å². The molecular weight excluding hydrogens is 363 g/mol. The van der Waals surface area contributed by atoms with Crippen molar-refractivity contribution >= 4 is 15.7 Å². The van der Waals surface area contributed by atoms with Crippen LogP contribution < -0.4 is 5.73 Å². The van der Waals surface area contributed by atoms with Gasteiger partial charge in [-0.05, 0) is 31.7 Å². The summed E-state index contributed by atoms with van der Waals surface area (Å²) < 4.78 is 66.0. The lowest BCUT2D eigenvalue weighted by molar-refractivity contribution is -0.385. The summed E-state index contributed by atoms with van der Waals surface area (Å²) >= 11 is 0. The number of nitrogens with zero attached hydrogens (tertiary/aromatic N) is 2. The molecular formula is C14H18F3N3O4S. The average molecular weight is 381 g/mol. The number of nitrogens with two attached hydrogens (primary N) is 1. The van der Waals surface area contributed by atoms with Gasteiger partial charge in [0.1, 0.15) is 0 Å². The average Bonchev–Trinajstić information content (AvgIpc) is 2.53. The number of nitro benzene ring substituents is 1. The Morgan fingerprint density at radius 1 is 1.32 bits per heavy atom. The Morgan fingerprint density at radius 2 is 1.88 bits per heavy atom. The summed E-state index contributed by atoms with van der Waals surface area (Å²) in [6.07, 6.45) is -4.13. The molecule has 25 heavy (non-hydrogen) atoms. The van der Waals surface area contributed by atoms with Gasteiger partial charge in [0.25, 0.3) is 5.69 Å². The fourth-order valence-corrected chi connectivity index (χ4v) is 4.52. The molecule has 11 heteroatoms. The molecule has 2 rings (SSSR count). The Bertz CT molecular complexity index is 757. The van der Waals surface area contributed by atoms with Crippen LogP contribution in [0.3, 0.4) is 0 Å². The molecule has 1 aliphatic rings. The summed E-state index contributed by atoms with van der Waals surface area (Å²) in [5.41, 5.74) is 3.43. The molecule has 2 N–H and O–H groups in total. The number of hydrogen-bond donors (Lipinski definition) is 1. The number of non-ortho nitro benzene ring substituents is 1. The lowest BCUT2D eigenvalue weighted by atomic mass is 9.92. The molecule has 1 aromatic rings. The molecule has 1 atom stereocenters. The lowest BCUT2D eigenvalue weighted by Crippen LogP contribution is -2.42. The highest BCUT2D eigenvalue weighted by molar-refractivity contribution is 7.89. The van der Waals surface area contributed by atoms with Crippen LogP contribution in [-0.2, 0) is 16.2 Å². The molecule has 0 spiro atoms. The summed E-state index contributed by atoms with van der Waals surface area (Å²) in [4.78, 5) is 8.74. The van der Waals surface area contributed by atoms with Crippen molar-refractivity contribution in [2.24, 2.45) is 11.7 Å². The van der Waals surface area contributed by atoms with Crippen LogP contribution in [0, 0.1) is 16.0 Å². The van der Waals surface area contributed by atoms with Gasteiger partial charge in [-0.1, -0.05) is 0 Å². The van der Waals surface area contributed by atoms with Gasteiger partial charge in [0, 0.05) is 31.3 Å². The molecule has 0 saturated carbocycles. The van der Waals surface area contributed by atoms with Crippen molar-refractivity contribution in [2.45, 2.75) is 36.9 Å². The molecule has 0 aliphatic carbocycles. The molecule has 0 bridgehead atoms. The smallest absolute Gasteiger partial charge is 0.328 e. The Kier molecular flexibility index (Phi) is 5.40. The molecule has 1 aliphatic heterocycles. The summed E-state index contributed by atoms with van der Waals surface area (Å²) in [5, 5.41) is 10.7. The molecule has 0 aromatic heterocycles. The van der Waals surface area contributed by atoms with E-state index in [2.05, 4.69) is 0 Å². The van der Waals surface area contributed by atoms with Gasteiger partial charge in [-0.3, -0.25) is 10.1 Å². The van der Waals surface area contributed by atoms with E-state index in [-0.39, 0.29) is 31.1 Å². The zero-order valence-corrected chi connectivity index (χ0v) is 14.2. The second-order valence-corrected chi connectivity index (χ2v) is 7.94. The maximum atomic E-state index is 13.2. The van der Waals surface area contributed by atoms with Gasteiger partial charge in [0.2, 0.25) is 10.0 Å². The van der Waals surface area contributed by atoms with Gasteiger partial charge in [-0.15, -0.1) is 0 Å². The third kappa shape index (κ3) is 4.10. The summed E-state index contributed by atoms with van der Waals surface area (Å²) in [6.45, 7) is 1.92. The van der Waals surface area contributed by atoms with Crippen LogP contribution in [0.2, 0.25) is 0 Å². The van der Waals surface area contributed by atoms with E-state index in [0.717, 1.165) is 10.4 Å². The first-order valence-corrected chi connectivity index (χ1v) is 9.00. The Labute approximate surface area is 142 Å². The van der Waals surface area contributed by atoms with Crippen LogP contribution in [0.25, 0.3) is 0 Å². The number of halogens is 3. The normalized spacial score (nSPS) is 18.9. The van der Waals surface area contributed by atoms with Crippen molar-refractivity contribution in [1.29, 1.82) is 0 Å². The predicted molar refractivity (Wildman–Crippen MR) is 83.2 cm³/mol.